The summed E-state index contributed by atoms with van der Waals surface area (Å²) in [5, 5.41) is 9.00. The molecule has 23 heavy (non-hydrogen) atoms. The van der Waals surface area contributed by atoms with Crippen molar-refractivity contribution in [1.29, 1.82) is 5.26 Å². The van der Waals surface area contributed by atoms with E-state index >= 15 is 0 Å². The van der Waals surface area contributed by atoms with Crippen LogP contribution in [-0.2, 0) is 10.0 Å². The Morgan fingerprint density at radius 3 is 2.70 bits per heavy atom. The smallest absolute Gasteiger partial charge is 0.241 e. The van der Waals surface area contributed by atoms with Crippen LogP contribution in [0, 0.1) is 17.2 Å². The Kier molecular flexibility index (Phi) is 6.87. The van der Waals surface area contributed by atoms with E-state index in [1.165, 1.54) is 18.2 Å². The van der Waals surface area contributed by atoms with Crippen LogP contribution in [0.25, 0.3) is 0 Å². The summed E-state index contributed by atoms with van der Waals surface area (Å²) in [6.45, 7) is 2.29. The van der Waals surface area contributed by atoms with Crippen LogP contribution in [-0.4, -0.2) is 20.5 Å². The van der Waals surface area contributed by atoms with Crippen molar-refractivity contribution in [3.63, 3.8) is 0 Å². The molecule has 1 fully saturated rings. The van der Waals surface area contributed by atoms with Crippen LogP contribution in [0.3, 0.4) is 0 Å². The maximum absolute atomic E-state index is 12.7. The van der Waals surface area contributed by atoms with Crippen LogP contribution < -0.4 is 10.5 Å². The van der Waals surface area contributed by atoms with Gasteiger partial charge in [0.2, 0.25) is 10.0 Å². The molecular weight excluding hydrogens is 357 g/mol. The van der Waals surface area contributed by atoms with Crippen molar-refractivity contribution >= 4 is 34.0 Å². The highest BCUT2D eigenvalue weighted by Crippen LogP contribution is 2.34. The minimum absolute atomic E-state index is 0. The summed E-state index contributed by atoms with van der Waals surface area (Å²) in [7, 11) is -3.73. The Hall–Kier alpha value is -0.840. The third-order valence-corrected chi connectivity index (χ3v) is 6.39. The van der Waals surface area contributed by atoms with Gasteiger partial charge in [0.05, 0.1) is 15.5 Å². The molecule has 1 aromatic carbocycles. The first-order valence-electron chi connectivity index (χ1n) is 7.28. The monoisotopic (exact) mass is 377 g/mol. The fourth-order valence-electron chi connectivity index (χ4n) is 2.99. The van der Waals surface area contributed by atoms with Crippen molar-refractivity contribution in [2.75, 3.05) is 6.54 Å². The van der Waals surface area contributed by atoms with Gasteiger partial charge in [0.25, 0.3) is 0 Å². The molecule has 0 aromatic heterocycles. The van der Waals surface area contributed by atoms with E-state index in [2.05, 4.69) is 4.72 Å². The normalized spacial score (nSPS) is 24.5. The van der Waals surface area contributed by atoms with Gasteiger partial charge < -0.3 is 5.73 Å². The molecule has 2 atom stereocenters. The number of nitrogens with zero attached hydrogens (tertiary/aromatic N) is 1. The molecule has 2 unspecified atom stereocenters. The summed E-state index contributed by atoms with van der Waals surface area (Å²) in [4.78, 5) is 0.0575. The van der Waals surface area contributed by atoms with Gasteiger partial charge in [0.1, 0.15) is 6.07 Å². The summed E-state index contributed by atoms with van der Waals surface area (Å²) >= 11 is 5.94. The molecule has 0 amide bonds. The number of halogens is 2. The molecule has 0 aliphatic heterocycles. The first kappa shape index (κ1) is 20.2. The zero-order chi connectivity index (χ0) is 16.4. The molecule has 0 bridgehead atoms. The molecule has 0 radical (unpaired) electrons. The highest BCUT2D eigenvalue weighted by atomic mass is 35.5. The Labute approximate surface area is 148 Å². The number of nitrogens with one attached hydrogen (secondary N) is 1. The average Bonchev–Trinajstić information content (AvgIpc) is 2.49. The molecule has 5 nitrogen and oxygen atoms in total. The molecule has 1 aromatic rings. The number of hydrogen-bond donors (Lipinski definition) is 2. The van der Waals surface area contributed by atoms with Crippen molar-refractivity contribution < 1.29 is 8.42 Å². The zero-order valence-corrected chi connectivity index (χ0v) is 15.3. The third-order valence-electron chi connectivity index (χ3n) is 4.53. The van der Waals surface area contributed by atoms with E-state index in [1.807, 2.05) is 13.0 Å². The number of hydrogen-bond acceptors (Lipinski definition) is 4. The van der Waals surface area contributed by atoms with Crippen LogP contribution in [0.2, 0.25) is 5.02 Å². The van der Waals surface area contributed by atoms with E-state index in [4.69, 9.17) is 22.6 Å². The van der Waals surface area contributed by atoms with Crippen LogP contribution in [0.15, 0.2) is 23.1 Å². The summed E-state index contributed by atoms with van der Waals surface area (Å²) in [6, 6.07) is 6.03. The quantitative estimate of drug-likeness (QED) is 0.842. The van der Waals surface area contributed by atoms with Crippen molar-refractivity contribution in [3.05, 3.63) is 28.8 Å². The fourth-order valence-corrected chi connectivity index (χ4v) is 4.84. The molecule has 2 rings (SSSR count). The SMILES string of the molecule is CC1CCCCC1(CN)NS(=O)(=O)c1ccc(C#N)c(Cl)c1.Cl. The van der Waals surface area contributed by atoms with Gasteiger partial charge in [0.15, 0.2) is 0 Å². The van der Waals surface area contributed by atoms with Crippen molar-refractivity contribution in [3.8, 4) is 6.07 Å². The molecule has 0 spiro atoms. The molecule has 3 N–H and O–H groups in total. The van der Waals surface area contributed by atoms with E-state index in [9.17, 15) is 8.42 Å². The second-order valence-electron chi connectivity index (χ2n) is 5.87. The van der Waals surface area contributed by atoms with Gasteiger partial charge >= 0.3 is 0 Å². The zero-order valence-electron chi connectivity index (χ0n) is 12.9. The highest BCUT2D eigenvalue weighted by molar-refractivity contribution is 7.89. The molecule has 128 valence electrons. The van der Waals surface area contributed by atoms with Gasteiger partial charge in [-0.15, -0.1) is 12.4 Å². The number of nitrogens with two attached hydrogens (primary N) is 1. The van der Waals surface area contributed by atoms with Crippen LogP contribution in [0.5, 0.6) is 0 Å². The van der Waals surface area contributed by atoms with Crippen LogP contribution in [0.1, 0.15) is 38.2 Å². The number of rotatable bonds is 4. The standard InChI is InChI=1S/C15H20ClN3O2S.ClH/c1-11-4-2-3-7-15(11,10-18)19-22(20,21)13-6-5-12(9-17)14(16)8-13;/h5-6,8,11,19H,2-4,7,10,18H2,1H3;1H. The van der Waals surface area contributed by atoms with Gasteiger partial charge in [-0.05, 0) is 37.0 Å². The summed E-state index contributed by atoms with van der Waals surface area (Å²) in [6.07, 6.45) is 3.73. The number of sulfonamides is 1. The Bertz CT molecular complexity index is 703. The largest absolute Gasteiger partial charge is 0.329 e. The Balaban J connectivity index is 0.00000264. The lowest BCUT2D eigenvalue weighted by Crippen LogP contribution is -2.58. The van der Waals surface area contributed by atoms with E-state index in [-0.39, 0.29) is 40.4 Å². The average molecular weight is 378 g/mol. The predicted molar refractivity (Wildman–Crippen MR) is 93.2 cm³/mol. The van der Waals surface area contributed by atoms with Crippen molar-refractivity contribution in [2.24, 2.45) is 11.7 Å². The highest BCUT2D eigenvalue weighted by Gasteiger charge is 2.40. The maximum atomic E-state index is 12.7. The van der Waals surface area contributed by atoms with Crippen LogP contribution >= 0.6 is 24.0 Å². The Morgan fingerprint density at radius 1 is 1.48 bits per heavy atom. The van der Waals surface area contributed by atoms with E-state index in [0.29, 0.717) is 0 Å². The molecule has 0 saturated heterocycles. The topological polar surface area (TPSA) is 96.0 Å². The van der Waals surface area contributed by atoms with Gasteiger partial charge in [-0.3, -0.25) is 0 Å². The number of nitriles is 1. The van der Waals surface area contributed by atoms with Crippen molar-refractivity contribution in [2.45, 2.75) is 43.0 Å². The molecule has 0 heterocycles. The lowest BCUT2D eigenvalue weighted by Gasteiger charge is -2.42. The molecule has 1 aliphatic rings. The maximum Gasteiger partial charge on any atom is 0.241 e. The second-order valence-corrected chi connectivity index (χ2v) is 7.96. The molecule has 8 heteroatoms. The summed E-state index contributed by atoms with van der Waals surface area (Å²) < 4.78 is 28.1. The molecular formula is C15H21Cl2N3O2S. The second kappa shape index (κ2) is 7.82. The summed E-state index contributed by atoms with van der Waals surface area (Å²) in [5.41, 5.74) is 5.53. The minimum atomic E-state index is -3.73. The number of benzene rings is 1. The Morgan fingerprint density at radius 2 is 2.17 bits per heavy atom. The molecule has 1 aliphatic carbocycles. The van der Waals surface area contributed by atoms with Gasteiger partial charge in [-0.1, -0.05) is 31.4 Å². The molecule has 1 saturated carbocycles. The van der Waals surface area contributed by atoms with Gasteiger partial charge in [-0.25, -0.2) is 13.1 Å². The first-order valence-corrected chi connectivity index (χ1v) is 9.14. The predicted octanol–water partition coefficient (Wildman–Crippen LogP) is 2.82. The minimum Gasteiger partial charge on any atom is -0.329 e. The summed E-state index contributed by atoms with van der Waals surface area (Å²) in [5.74, 6) is 0.176. The van der Waals surface area contributed by atoms with E-state index < -0.39 is 15.6 Å². The van der Waals surface area contributed by atoms with Crippen molar-refractivity contribution in [1.82, 2.24) is 4.72 Å². The van der Waals surface area contributed by atoms with E-state index in [1.54, 1.807) is 0 Å². The van der Waals surface area contributed by atoms with E-state index in [0.717, 1.165) is 25.7 Å². The van der Waals surface area contributed by atoms with Gasteiger partial charge in [0, 0.05) is 12.1 Å². The fraction of sp³-hybridized carbons (Fsp3) is 0.533. The third kappa shape index (κ3) is 4.17. The lowest BCUT2D eigenvalue weighted by atomic mass is 9.74. The van der Waals surface area contributed by atoms with Crippen LogP contribution in [0.4, 0.5) is 0 Å². The van der Waals surface area contributed by atoms with Gasteiger partial charge in [-0.2, -0.15) is 5.26 Å². The first-order chi connectivity index (χ1) is 10.3. The lowest BCUT2D eigenvalue weighted by molar-refractivity contribution is 0.191.